The maximum absolute atomic E-state index is 12.1. The Labute approximate surface area is 298 Å². The lowest BCUT2D eigenvalue weighted by Crippen LogP contribution is -2.81. The molecule has 15 nitrogen and oxygen atoms in total. The fraction of sp³-hybridized carbons (Fsp3) is 1.00. The maximum atomic E-state index is 12.1. The molecule has 2 rings (SSSR count). The van der Waals surface area contributed by atoms with Crippen molar-refractivity contribution in [3.63, 3.8) is 0 Å². The van der Waals surface area contributed by atoms with Crippen LogP contribution in [0.25, 0.3) is 0 Å². The van der Waals surface area contributed by atoms with Crippen molar-refractivity contribution < 1.29 is 65.3 Å². The van der Waals surface area contributed by atoms with Gasteiger partial charge in [-0.2, -0.15) is 0 Å². The first kappa shape index (κ1) is 45.6. The summed E-state index contributed by atoms with van der Waals surface area (Å²) in [5.74, 6) is -5.12. The van der Waals surface area contributed by atoms with Crippen molar-refractivity contribution in [3.8, 4) is 0 Å². The number of rotatable bonds is 26. The Hall–Kier alpha value is -0.600. The Balaban J connectivity index is 2.30. The molecule has 0 spiro atoms. The van der Waals surface area contributed by atoms with E-state index in [9.17, 15) is 51.1 Å². The molecular formula is C35H70N2O13. The van der Waals surface area contributed by atoms with Gasteiger partial charge in [-0.05, 0) is 32.9 Å². The van der Waals surface area contributed by atoms with Crippen LogP contribution in [0, 0.1) is 0 Å². The SMILES string of the molecule is CCCCCCCCCN[C@@]1(O)[C@@H](O)[C@@H](O)[C@@H](CO)O[C@@]1(CC(C)O)O[C@H]1[C@@H](O)[C@@H](CO)O[C@](O)(CC(O)CNCCCCCCCC)[C@@H]1O. The van der Waals surface area contributed by atoms with Crippen molar-refractivity contribution in [2.24, 2.45) is 0 Å². The summed E-state index contributed by atoms with van der Waals surface area (Å²) in [4.78, 5) is 0. The third-order valence-corrected chi connectivity index (χ3v) is 9.94. The predicted molar refractivity (Wildman–Crippen MR) is 185 cm³/mol. The van der Waals surface area contributed by atoms with Crippen LogP contribution >= 0.6 is 0 Å². The number of aliphatic hydroxyl groups excluding tert-OH is 8. The zero-order valence-electron chi connectivity index (χ0n) is 30.5. The van der Waals surface area contributed by atoms with E-state index in [2.05, 4.69) is 24.5 Å². The molecular weight excluding hydrogens is 656 g/mol. The normalized spacial score (nSPS) is 36.1. The summed E-state index contributed by atoms with van der Waals surface area (Å²) >= 11 is 0. The number of unbranched alkanes of at least 4 members (excludes halogenated alkanes) is 11. The fourth-order valence-corrected chi connectivity index (χ4v) is 7.02. The van der Waals surface area contributed by atoms with Gasteiger partial charge in [0, 0.05) is 19.4 Å². The second-order valence-corrected chi connectivity index (χ2v) is 14.4. The zero-order valence-corrected chi connectivity index (χ0v) is 30.5. The number of hydrogen-bond acceptors (Lipinski definition) is 15. The minimum absolute atomic E-state index is 0.0465. The van der Waals surface area contributed by atoms with Gasteiger partial charge in [0.2, 0.25) is 5.79 Å². The molecule has 2 unspecified atom stereocenters. The molecule has 12 N–H and O–H groups in total. The topological polar surface area (TPSA) is 254 Å². The number of aliphatic hydroxyl groups is 10. The molecule has 0 aromatic rings. The second-order valence-electron chi connectivity index (χ2n) is 14.4. The van der Waals surface area contributed by atoms with E-state index in [-0.39, 0.29) is 13.1 Å². The summed E-state index contributed by atoms with van der Waals surface area (Å²) in [6.07, 6.45) is -3.32. The average Bonchev–Trinajstić information content (AvgIpc) is 3.07. The molecule has 2 heterocycles. The van der Waals surface area contributed by atoms with E-state index in [0.717, 1.165) is 64.2 Å². The summed E-state index contributed by atoms with van der Waals surface area (Å²) in [6.45, 7) is 4.72. The molecule has 0 aliphatic carbocycles. The van der Waals surface area contributed by atoms with E-state index in [4.69, 9.17) is 14.2 Å². The van der Waals surface area contributed by atoms with Gasteiger partial charge in [0.15, 0.2) is 11.5 Å². The lowest BCUT2D eigenvalue weighted by Gasteiger charge is -2.58. The molecule has 0 saturated carbocycles. The summed E-state index contributed by atoms with van der Waals surface area (Å²) in [5.41, 5.74) is -2.68. The van der Waals surface area contributed by atoms with Crippen molar-refractivity contribution in [2.45, 2.75) is 189 Å². The van der Waals surface area contributed by atoms with Crippen molar-refractivity contribution in [3.05, 3.63) is 0 Å². The summed E-state index contributed by atoms with van der Waals surface area (Å²) in [7, 11) is 0. The van der Waals surface area contributed by atoms with Gasteiger partial charge in [-0.15, -0.1) is 0 Å². The molecule has 2 aliphatic heterocycles. The van der Waals surface area contributed by atoms with E-state index in [1.165, 1.54) is 19.8 Å². The molecule has 50 heavy (non-hydrogen) atoms. The standard InChI is InChI=1S/C35H70N2O13/c1-4-6-8-10-12-14-16-18-37-35(47)31(44)29(43)27(23-39)49-34(35,19-24(3)40)50-30-28(42)26(22-38)48-33(46,32(30)45)20-25(41)21-36-17-15-13-11-9-7-5-2/h24-32,36-47H,4-23H2,1-3H3/t24?,25?,26-,27-,28+,29+,30+,31+,32-,33-,34+,35-/m1/s1. The monoisotopic (exact) mass is 726 g/mol. The minimum atomic E-state index is -2.68. The first-order valence-corrected chi connectivity index (χ1v) is 19.0. The average molecular weight is 727 g/mol. The zero-order chi connectivity index (χ0) is 37.4. The molecule has 0 radical (unpaired) electrons. The molecule has 0 bridgehead atoms. The van der Waals surface area contributed by atoms with Gasteiger partial charge < -0.3 is 70.6 Å². The lowest BCUT2D eigenvalue weighted by molar-refractivity contribution is -0.449. The van der Waals surface area contributed by atoms with Gasteiger partial charge in [-0.3, -0.25) is 5.32 Å². The van der Waals surface area contributed by atoms with Crippen molar-refractivity contribution in [1.82, 2.24) is 10.6 Å². The van der Waals surface area contributed by atoms with E-state index in [1.807, 2.05) is 0 Å². The Kier molecular flexibility index (Phi) is 20.6. The van der Waals surface area contributed by atoms with Crippen molar-refractivity contribution in [2.75, 3.05) is 32.8 Å². The van der Waals surface area contributed by atoms with E-state index in [1.54, 1.807) is 0 Å². The fourth-order valence-electron chi connectivity index (χ4n) is 7.02. The number of ether oxygens (including phenoxy) is 3. The molecule has 0 aromatic heterocycles. The summed E-state index contributed by atoms with van der Waals surface area (Å²) in [6, 6.07) is 0. The van der Waals surface area contributed by atoms with E-state index >= 15 is 0 Å². The highest BCUT2D eigenvalue weighted by molar-refractivity contribution is 5.09. The highest BCUT2D eigenvalue weighted by atomic mass is 16.7. The highest BCUT2D eigenvalue weighted by Gasteiger charge is 2.68. The first-order valence-electron chi connectivity index (χ1n) is 19.0. The lowest BCUT2D eigenvalue weighted by atomic mass is 9.82. The largest absolute Gasteiger partial charge is 0.394 e. The Morgan fingerprint density at radius 2 is 1.20 bits per heavy atom. The van der Waals surface area contributed by atoms with Gasteiger partial charge in [0.05, 0.1) is 25.4 Å². The molecule has 12 atom stereocenters. The summed E-state index contributed by atoms with van der Waals surface area (Å²) < 4.78 is 17.7. The predicted octanol–water partition coefficient (Wildman–Crippen LogP) is -0.517. The van der Waals surface area contributed by atoms with Gasteiger partial charge >= 0.3 is 0 Å². The van der Waals surface area contributed by atoms with Gasteiger partial charge in [0.1, 0.15) is 42.7 Å². The minimum Gasteiger partial charge on any atom is -0.394 e. The van der Waals surface area contributed by atoms with Crippen LogP contribution in [-0.2, 0) is 14.2 Å². The van der Waals surface area contributed by atoms with Crippen LogP contribution in [-0.4, -0.2) is 156 Å². The molecule has 2 fully saturated rings. The van der Waals surface area contributed by atoms with Crippen LogP contribution in [0.15, 0.2) is 0 Å². The maximum Gasteiger partial charge on any atom is 0.217 e. The smallest absolute Gasteiger partial charge is 0.217 e. The molecule has 0 aromatic carbocycles. The molecule has 2 aliphatic rings. The first-order chi connectivity index (χ1) is 23.8. The van der Waals surface area contributed by atoms with Crippen LogP contribution in [0.3, 0.4) is 0 Å². The molecule has 15 heteroatoms. The second kappa shape index (κ2) is 22.6. The van der Waals surface area contributed by atoms with Crippen LogP contribution in [0.4, 0.5) is 0 Å². The van der Waals surface area contributed by atoms with Gasteiger partial charge in [-0.1, -0.05) is 84.5 Å². The molecule has 2 saturated heterocycles. The summed E-state index contributed by atoms with van der Waals surface area (Å²) in [5, 5.41) is 116. The van der Waals surface area contributed by atoms with Crippen LogP contribution < -0.4 is 10.6 Å². The number of nitrogens with one attached hydrogen (secondary N) is 2. The third kappa shape index (κ3) is 12.5. The van der Waals surface area contributed by atoms with Crippen molar-refractivity contribution >= 4 is 0 Å². The Morgan fingerprint density at radius 3 is 1.74 bits per heavy atom. The Bertz CT molecular complexity index is 909. The van der Waals surface area contributed by atoms with E-state index < -0.39 is 98.3 Å². The molecule has 0 amide bonds. The number of hydrogen-bond donors (Lipinski definition) is 12. The van der Waals surface area contributed by atoms with Crippen LogP contribution in [0.2, 0.25) is 0 Å². The Morgan fingerprint density at radius 1 is 0.680 bits per heavy atom. The van der Waals surface area contributed by atoms with Crippen LogP contribution in [0.5, 0.6) is 0 Å². The van der Waals surface area contributed by atoms with Crippen molar-refractivity contribution in [1.29, 1.82) is 0 Å². The third-order valence-electron chi connectivity index (χ3n) is 9.94. The van der Waals surface area contributed by atoms with Gasteiger partial charge in [0.25, 0.3) is 0 Å². The van der Waals surface area contributed by atoms with Gasteiger partial charge in [-0.25, -0.2) is 0 Å². The van der Waals surface area contributed by atoms with Crippen LogP contribution in [0.1, 0.15) is 117 Å². The molecule has 298 valence electrons. The quantitative estimate of drug-likeness (QED) is 0.0396. The highest BCUT2D eigenvalue weighted by Crippen LogP contribution is 2.45. The van der Waals surface area contributed by atoms with E-state index in [0.29, 0.717) is 13.0 Å².